The summed E-state index contributed by atoms with van der Waals surface area (Å²) < 4.78 is 19.5. The summed E-state index contributed by atoms with van der Waals surface area (Å²) in [6.07, 6.45) is 3.39. The number of carbonyl (C=O) groups is 2. The number of aromatic nitrogens is 3. The number of imidazole rings is 1. The van der Waals surface area contributed by atoms with Gasteiger partial charge in [-0.2, -0.15) is 0 Å². The molecule has 0 aliphatic carbocycles. The summed E-state index contributed by atoms with van der Waals surface area (Å²) in [6.45, 7) is 3.20. The maximum Gasteiger partial charge on any atom is 0.337 e. The number of hydrogen-bond donors (Lipinski definition) is 4. The first-order chi connectivity index (χ1) is 25.2. The zero-order chi connectivity index (χ0) is 36.1. The molecule has 2 aromatic heterocycles. The number of carbonyl (C=O) groups excluding carboxylic acids is 2. The highest BCUT2D eigenvalue weighted by Crippen LogP contribution is 2.42. The SMILES string of the molecule is COC(=O)C1=C(CN2CCN3C(=O)N(c4ccc(-c5cnc(C6C[C@@H](O)CN6)[nH]5)cc4)C[C@@H]3C2)NC(c2nccs2)N(C)[C@H]1c1ccc(F)cc1Cl. The summed E-state index contributed by atoms with van der Waals surface area (Å²) in [6, 6.07) is 11.3. The number of urea groups is 1. The van der Waals surface area contributed by atoms with Crippen LogP contribution in [0.5, 0.6) is 0 Å². The van der Waals surface area contributed by atoms with Crippen molar-refractivity contribution in [1.82, 2.24) is 40.3 Å². The van der Waals surface area contributed by atoms with Crippen LogP contribution in [0.3, 0.4) is 0 Å². The fraction of sp³-hybridized carbons (Fsp3) is 0.389. The van der Waals surface area contributed by atoms with Crippen LogP contribution in [0.25, 0.3) is 11.3 Å². The number of aliphatic hydroxyl groups is 1. The van der Waals surface area contributed by atoms with Crippen LogP contribution in [0.15, 0.2) is 71.5 Å². The van der Waals surface area contributed by atoms with Crippen molar-refractivity contribution in [3.05, 3.63) is 98.7 Å². The Balaban J connectivity index is 1.01. The largest absolute Gasteiger partial charge is 0.466 e. The predicted molar refractivity (Wildman–Crippen MR) is 194 cm³/mol. The van der Waals surface area contributed by atoms with Crippen LogP contribution >= 0.6 is 22.9 Å². The number of piperazine rings is 1. The lowest BCUT2D eigenvalue weighted by Crippen LogP contribution is -2.54. The molecule has 0 saturated carbocycles. The van der Waals surface area contributed by atoms with Gasteiger partial charge in [-0.3, -0.25) is 14.7 Å². The summed E-state index contributed by atoms with van der Waals surface area (Å²) in [4.78, 5) is 47.6. The molecular formula is C36H39ClFN9O4S. The second-order valence-electron chi connectivity index (χ2n) is 13.6. The summed E-state index contributed by atoms with van der Waals surface area (Å²) in [5.41, 5.74) is 4.27. The molecule has 52 heavy (non-hydrogen) atoms. The van der Waals surface area contributed by atoms with E-state index < -0.39 is 17.8 Å². The van der Waals surface area contributed by atoms with Crippen LogP contribution < -0.4 is 15.5 Å². The number of aromatic amines is 1. The van der Waals surface area contributed by atoms with Gasteiger partial charge in [0.15, 0.2) is 0 Å². The van der Waals surface area contributed by atoms with E-state index in [-0.39, 0.29) is 35.4 Å². The molecule has 3 saturated heterocycles. The number of likely N-dealkylation sites (N-methyl/N-ethyl adjacent to an activating group) is 1. The van der Waals surface area contributed by atoms with E-state index >= 15 is 0 Å². The minimum Gasteiger partial charge on any atom is -0.466 e. The molecule has 3 fully saturated rings. The zero-order valence-electron chi connectivity index (χ0n) is 28.6. The van der Waals surface area contributed by atoms with Gasteiger partial charge in [-0.05, 0) is 48.9 Å². The molecule has 0 radical (unpaired) electrons. The molecule has 2 amide bonds. The molecule has 2 aromatic carbocycles. The van der Waals surface area contributed by atoms with Gasteiger partial charge in [0.1, 0.15) is 22.8 Å². The van der Waals surface area contributed by atoms with Crippen LogP contribution in [0.1, 0.15) is 41.1 Å². The number of hydrogen-bond acceptors (Lipinski definition) is 11. The summed E-state index contributed by atoms with van der Waals surface area (Å²) in [5, 5.41) is 19.6. The number of β-amino-alcohol motifs (C(OH)–C–C–N with tert-alkyl or cyclic N) is 1. The quantitative estimate of drug-likeness (QED) is 0.195. The van der Waals surface area contributed by atoms with E-state index in [1.165, 1.54) is 30.6 Å². The van der Waals surface area contributed by atoms with Crippen molar-refractivity contribution < 1.29 is 23.8 Å². The first kappa shape index (κ1) is 34.7. The van der Waals surface area contributed by atoms with Crippen LogP contribution in [0.2, 0.25) is 5.02 Å². The van der Waals surface area contributed by atoms with Crippen molar-refractivity contribution in [3.63, 3.8) is 0 Å². The number of halogens is 2. The summed E-state index contributed by atoms with van der Waals surface area (Å²) in [7, 11) is 3.22. The zero-order valence-corrected chi connectivity index (χ0v) is 30.2. The average molecular weight is 748 g/mol. The second kappa shape index (κ2) is 14.2. The Morgan fingerprint density at radius 2 is 1.98 bits per heavy atom. The molecule has 2 unspecified atom stereocenters. The highest BCUT2D eigenvalue weighted by atomic mass is 35.5. The molecule has 6 heterocycles. The first-order valence-electron chi connectivity index (χ1n) is 17.2. The highest BCUT2D eigenvalue weighted by Gasteiger charge is 2.44. The van der Waals surface area contributed by atoms with Crippen LogP contribution in [-0.2, 0) is 9.53 Å². The monoisotopic (exact) mass is 747 g/mol. The fourth-order valence-corrected chi connectivity index (χ4v) is 8.81. The molecule has 13 nitrogen and oxygen atoms in total. The number of rotatable bonds is 8. The minimum atomic E-state index is -0.640. The molecule has 4 aliphatic heterocycles. The van der Waals surface area contributed by atoms with Crippen LogP contribution in [0, 0.1) is 5.82 Å². The van der Waals surface area contributed by atoms with E-state index in [1.807, 2.05) is 51.4 Å². The Morgan fingerprint density at radius 1 is 1.15 bits per heavy atom. The lowest BCUT2D eigenvalue weighted by Gasteiger charge is -2.44. The Hall–Kier alpha value is -4.38. The summed E-state index contributed by atoms with van der Waals surface area (Å²) >= 11 is 8.11. The van der Waals surface area contributed by atoms with Gasteiger partial charge in [0.2, 0.25) is 0 Å². The van der Waals surface area contributed by atoms with Crippen molar-refractivity contribution in [3.8, 4) is 11.3 Å². The molecule has 4 aliphatic rings. The number of thiazole rings is 1. The van der Waals surface area contributed by atoms with Gasteiger partial charge in [0.05, 0.1) is 48.8 Å². The number of esters is 1. The van der Waals surface area contributed by atoms with Crippen molar-refractivity contribution in [2.24, 2.45) is 0 Å². The van der Waals surface area contributed by atoms with E-state index in [9.17, 15) is 19.1 Å². The maximum absolute atomic E-state index is 14.2. The van der Waals surface area contributed by atoms with E-state index in [0.29, 0.717) is 62.5 Å². The van der Waals surface area contributed by atoms with Gasteiger partial charge >= 0.3 is 12.0 Å². The minimum absolute atomic E-state index is 0.00468. The predicted octanol–water partition coefficient (Wildman–Crippen LogP) is 4.05. The lowest BCUT2D eigenvalue weighted by molar-refractivity contribution is -0.137. The van der Waals surface area contributed by atoms with Crippen molar-refractivity contribution in [1.29, 1.82) is 0 Å². The molecule has 8 rings (SSSR count). The van der Waals surface area contributed by atoms with E-state index in [2.05, 4.69) is 30.5 Å². The molecule has 16 heteroatoms. The third kappa shape index (κ3) is 6.46. The number of amides is 2. The van der Waals surface area contributed by atoms with Gasteiger partial charge in [-0.25, -0.2) is 23.9 Å². The Labute approximate surface area is 309 Å². The summed E-state index contributed by atoms with van der Waals surface area (Å²) in [5.74, 6) is -0.183. The van der Waals surface area contributed by atoms with Gasteiger partial charge < -0.3 is 30.4 Å². The number of H-pyrrole nitrogens is 1. The second-order valence-corrected chi connectivity index (χ2v) is 14.9. The van der Waals surface area contributed by atoms with Crippen molar-refractivity contribution in [2.75, 3.05) is 58.3 Å². The average Bonchev–Trinajstić information content (AvgIpc) is 3.97. The number of fused-ring (bicyclic) bond motifs is 1. The molecule has 0 spiro atoms. The van der Waals surface area contributed by atoms with Crippen LogP contribution in [-0.4, -0.2) is 112 Å². The van der Waals surface area contributed by atoms with E-state index in [0.717, 1.165) is 27.8 Å². The van der Waals surface area contributed by atoms with Crippen molar-refractivity contribution in [2.45, 2.75) is 36.8 Å². The molecule has 4 aromatic rings. The molecule has 4 N–H and O–H groups in total. The number of nitrogens with one attached hydrogen (secondary N) is 3. The molecular weight excluding hydrogens is 709 g/mol. The topological polar surface area (TPSA) is 142 Å². The number of nitrogens with zero attached hydrogens (tertiary/aromatic N) is 6. The lowest BCUT2D eigenvalue weighted by atomic mass is 9.92. The Bertz CT molecular complexity index is 1990. The number of methoxy groups -OCH3 is 1. The molecule has 5 atom stereocenters. The van der Waals surface area contributed by atoms with Gasteiger partial charge in [-0.15, -0.1) is 11.3 Å². The molecule has 272 valence electrons. The Kier molecular flexibility index (Phi) is 9.48. The number of benzene rings is 2. The van der Waals surface area contributed by atoms with E-state index in [1.54, 1.807) is 18.5 Å². The number of anilines is 1. The third-order valence-electron chi connectivity index (χ3n) is 10.4. The maximum atomic E-state index is 14.2. The standard InChI is InChI=1S/C36H39ClFN9O4S/c1-44-31(25-8-5-21(38)13-26(25)37)30(35(49)51-2)29(43-33(44)34-39-9-12-52-34)19-45-10-11-46-23(17-45)18-47(36(46)50)22-6-3-20(4-7-22)28-16-41-32(42-28)27-14-24(48)15-40-27/h3-9,12-13,16,23-24,27,31,33,40,43,48H,10-11,14-15,17-19H2,1-2H3,(H,41,42)/t23-,24+,27?,31-,33?/m0/s1. The van der Waals surface area contributed by atoms with Gasteiger partial charge in [-0.1, -0.05) is 29.8 Å². The molecule has 0 bridgehead atoms. The van der Waals surface area contributed by atoms with E-state index in [4.69, 9.17) is 16.3 Å². The van der Waals surface area contributed by atoms with Crippen LogP contribution in [0.4, 0.5) is 14.9 Å². The first-order valence-corrected chi connectivity index (χ1v) is 18.5. The smallest absolute Gasteiger partial charge is 0.337 e. The normalized spacial score (nSPS) is 25.5. The van der Waals surface area contributed by atoms with Gasteiger partial charge in [0.25, 0.3) is 0 Å². The highest BCUT2D eigenvalue weighted by molar-refractivity contribution is 7.09. The number of aliphatic hydroxyl groups excluding tert-OH is 1. The number of ether oxygens (including phenoxy) is 1. The fourth-order valence-electron chi connectivity index (χ4n) is 7.80. The van der Waals surface area contributed by atoms with Crippen molar-refractivity contribution >= 4 is 40.6 Å². The third-order valence-corrected chi connectivity index (χ3v) is 11.6. The Morgan fingerprint density at radius 3 is 2.69 bits per heavy atom. The van der Waals surface area contributed by atoms with Gasteiger partial charge in [0, 0.05) is 67.3 Å².